The Bertz CT molecular complexity index is 537. The van der Waals surface area contributed by atoms with Gasteiger partial charge in [0.25, 0.3) is 0 Å². The van der Waals surface area contributed by atoms with Crippen LogP contribution in [0.3, 0.4) is 0 Å². The Kier molecular flexibility index (Phi) is 4.19. The van der Waals surface area contributed by atoms with Gasteiger partial charge in [-0.2, -0.15) is 0 Å². The number of aromatic nitrogens is 2. The van der Waals surface area contributed by atoms with E-state index in [1.807, 2.05) is 34.9 Å². The van der Waals surface area contributed by atoms with Crippen LogP contribution in [0.2, 0.25) is 0 Å². The Morgan fingerprint density at radius 3 is 2.72 bits per heavy atom. The molecule has 0 spiro atoms. The number of benzene rings is 1. The molecule has 0 aliphatic heterocycles. The summed E-state index contributed by atoms with van der Waals surface area (Å²) in [7, 11) is 0. The Labute approximate surface area is 114 Å². The molecule has 0 aliphatic carbocycles. The lowest BCUT2D eigenvalue weighted by atomic mass is 10.3. The fraction of sp³-hybridized carbons (Fsp3) is 0.231. The van der Waals surface area contributed by atoms with Crippen molar-refractivity contribution in [1.82, 2.24) is 9.55 Å². The number of carbonyl (C=O) groups is 1. The summed E-state index contributed by atoms with van der Waals surface area (Å²) in [6.45, 7) is 2.09. The van der Waals surface area contributed by atoms with Crippen LogP contribution in [-0.2, 0) is 10.2 Å². The molecule has 2 rings (SSSR count). The van der Waals surface area contributed by atoms with E-state index in [1.54, 1.807) is 6.20 Å². The van der Waals surface area contributed by atoms with E-state index in [2.05, 4.69) is 11.9 Å². The zero-order valence-electron chi connectivity index (χ0n) is 10.3. The predicted octanol–water partition coefficient (Wildman–Crippen LogP) is 1.80. The van der Waals surface area contributed by atoms with Gasteiger partial charge in [0.15, 0.2) is 5.69 Å². The molecule has 1 heterocycles. The standard InChI is InChI=1S/C13H14N2O2.Al.H/c1-2-6-12-14-11(13(16)17)9-15(12)10-7-4-3-5-8-10;;/h3-5,7-9H,2,6H2,1H3,(H,16,17);;/q;+1;/p-1. The monoisotopic (exact) mass is 257 g/mol. The summed E-state index contributed by atoms with van der Waals surface area (Å²) in [5.74, 6) is 0.493. The maximum atomic E-state index is 11.5. The number of carbonyl (C=O) groups excluding carboxylic acids is 1. The predicted molar refractivity (Wildman–Crippen MR) is 70.1 cm³/mol. The van der Waals surface area contributed by atoms with Crippen LogP contribution >= 0.6 is 0 Å². The third kappa shape index (κ3) is 2.64. The molecular weight excluding hydrogens is 243 g/mol. The van der Waals surface area contributed by atoms with Gasteiger partial charge in [-0.25, -0.2) is 9.78 Å². The van der Waals surface area contributed by atoms with E-state index < -0.39 is 0 Å². The first-order valence-electron chi connectivity index (χ1n) is 5.86. The molecule has 0 unspecified atom stereocenters. The summed E-state index contributed by atoms with van der Waals surface area (Å²) < 4.78 is 6.67. The molecule has 2 aromatic rings. The molecule has 1 radical (unpaired) electrons. The van der Waals surface area contributed by atoms with E-state index in [0.29, 0.717) is 5.69 Å². The normalized spacial score (nSPS) is 10.3. The van der Waals surface area contributed by atoms with Crippen molar-refractivity contribution >= 4 is 22.6 Å². The number of imidazole rings is 1. The molecule has 0 N–H and O–H groups in total. The molecule has 18 heavy (non-hydrogen) atoms. The minimum absolute atomic E-state index is 0.359. The summed E-state index contributed by atoms with van der Waals surface area (Å²) in [6.07, 6.45) is 3.54. The Morgan fingerprint density at radius 2 is 2.11 bits per heavy atom. The maximum Gasteiger partial charge on any atom is 0.497 e. The highest BCUT2D eigenvalue weighted by atomic mass is 27.1. The molecule has 4 nitrogen and oxygen atoms in total. The van der Waals surface area contributed by atoms with Crippen LogP contribution in [0.25, 0.3) is 5.69 Å². The van der Waals surface area contributed by atoms with Gasteiger partial charge in [-0.1, -0.05) is 25.1 Å². The fourth-order valence-electron chi connectivity index (χ4n) is 1.80. The number of nitrogens with zero attached hydrogens (tertiary/aromatic N) is 2. The zero-order chi connectivity index (χ0) is 13.0. The van der Waals surface area contributed by atoms with Crippen molar-refractivity contribution in [2.24, 2.45) is 0 Å². The topological polar surface area (TPSA) is 44.1 Å². The minimum atomic E-state index is -0.389. The molecule has 0 fully saturated rings. The van der Waals surface area contributed by atoms with Gasteiger partial charge in [0.05, 0.1) is 0 Å². The largest absolute Gasteiger partial charge is 0.620 e. The summed E-state index contributed by atoms with van der Waals surface area (Å²) >= 11 is 1.17. The second kappa shape index (κ2) is 5.85. The van der Waals surface area contributed by atoms with Crippen molar-refractivity contribution in [1.29, 1.82) is 0 Å². The second-order valence-corrected chi connectivity index (χ2v) is 4.22. The fourth-order valence-corrected chi connectivity index (χ4v) is 1.95. The third-order valence-electron chi connectivity index (χ3n) is 2.63. The lowest BCUT2D eigenvalue weighted by Crippen LogP contribution is -2.02. The number of aryl methyl sites for hydroxylation is 1. The van der Waals surface area contributed by atoms with Crippen LogP contribution in [0.5, 0.6) is 0 Å². The van der Waals surface area contributed by atoms with Crippen LogP contribution in [0.1, 0.15) is 29.7 Å². The lowest BCUT2D eigenvalue weighted by Gasteiger charge is -2.05. The number of hydrogen-bond acceptors (Lipinski definition) is 3. The molecule has 0 atom stereocenters. The van der Waals surface area contributed by atoms with Gasteiger partial charge in [0.2, 0.25) is 0 Å². The molecular formula is C13H14AlN2O2. The molecule has 0 saturated carbocycles. The van der Waals surface area contributed by atoms with Crippen molar-refractivity contribution in [2.45, 2.75) is 19.8 Å². The van der Waals surface area contributed by atoms with Crippen molar-refractivity contribution in [2.75, 3.05) is 0 Å². The molecule has 0 amide bonds. The van der Waals surface area contributed by atoms with Gasteiger partial charge < -0.3 is 8.36 Å². The summed E-state index contributed by atoms with van der Waals surface area (Å²) in [4.78, 5) is 15.9. The van der Waals surface area contributed by atoms with Gasteiger partial charge in [0, 0.05) is 18.3 Å². The highest BCUT2D eigenvalue weighted by Gasteiger charge is 2.14. The summed E-state index contributed by atoms with van der Waals surface area (Å²) in [6, 6.07) is 9.87. The quantitative estimate of drug-likeness (QED) is 0.784. The number of hydrogen-bond donors (Lipinski definition) is 0. The molecule has 1 aromatic carbocycles. The van der Waals surface area contributed by atoms with E-state index in [-0.39, 0.29) is 5.97 Å². The second-order valence-electron chi connectivity index (χ2n) is 3.93. The first-order valence-corrected chi connectivity index (χ1v) is 6.44. The molecule has 91 valence electrons. The third-order valence-corrected chi connectivity index (χ3v) is 2.89. The van der Waals surface area contributed by atoms with E-state index >= 15 is 0 Å². The van der Waals surface area contributed by atoms with Crippen LogP contribution in [-0.4, -0.2) is 32.1 Å². The molecule has 5 heteroatoms. The first kappa shape index (κ1) is 12.9. The van der Waals surface area contributed by atoms with E-state index in [0.717, 1.165) is 24.4 Å². The highest BCUT2D eigenvalue weighted by Crippen LogP contribution is 2.14. The molecule has 0 saturated heterocycles. The minimum Gasteiger partial charge on any atom is -0.620 e. The average Bonchev–Trinajstić information content (AvgIpc) is 2.83. The van der Waals surface area contributed by atoms with Gasteiger partial charge >= 0.3 is 22.6 Å². The van der Waals surface area contributed by atoms with Gasteiger partial charge in [0.1, 0.15) is 5.82 Å². The summed E-state index contributed by atoms with van der Waals surface area (Å²) in [5.41, 5.74) is 1.36. The van der Waals surface area contributed by atoms with Crippen molar-refractivity contribution < 1.29 is 8.58 Å². The highest BCUT2D eigenvalue weighted by molar-refractivity contribution is 6.08. The van der Waals surface area contributed by atoms with Gasteiger partial charge in [-0.15, -0.1) is 0 Å². The van der Waals surface area contributed by atoms with Crippen molar-refractivity contribution in [3.8, 4) is 5.69 Å². The van der Waals surface area contributed by atoms with Crippen molar-refractivity contribution in [3.05, 3.63) is 48.0 Å². The molecule has 0 aliphatic rings. The van der Waals surface area contributed by atoms with Crippen LogP contribution < -0.4 is 0 Å². The van der Waals surface area contributed by atoms with E-state index in [9.17, 15) is 4.79 Å². The lowest BCUT2D eigenvalue weighted by molar-refractivity contribution is 0.0744. The zero-order valence-corrected chi connectivity index (χ0v) is 11.7. The van der Waals surface area contributed by atoms with Gasteiger partial charge in [-0.3, -0.25) is 0 Å². The number of rotatable bonds is 4. The molecule has 1 aromatic heterocycles. The molecule has 0 bridgehead atoms. The summed E-state index contributed by atoms with van der Waals surface area (Å²) in [5, 5.41) is 0. The van der Waals surface area contributed by atoms with Crippen LogP contribution in [0, 0.1) is 0 Å². The Balaban J connectivity index is 2.45. The SMILES string of the molecule is CCCc1nc(C(=O)[O][AlH])cn1-c1ccccc1. The van der Waals surface area contributed by atoms with Crippen molar-refractivity contribution in [3.63, 3.8) is 0 Å². The average molecular weight is 257 g/mol. The smallest absolute Gasteiger partial charge is 0.497 e. The maximum absolute atomic E-state index is 11.5. The van der Waals surface area contributed by atoms with Crippen LogP contribution in [0.4, 0.5) is 0 Å². The van der Waals surface area contributed by atoms with Crippen LogP contribution in [0.15, 0.2) is 36.5 Å². The van der Waals surface area contributed by atoms with E-state index in [4.69, 9.17) is 3.79 Å². The Morgan fingerprint density at radius 1 is 1.39 bits per heavy atom. The van der Waals surface area contributed by atoms with E-state index in [1.165, 1.54) is 16.6 Å². The number of para-hydroxylation sites is 1. The Hall–Kier alpha value is -1.57. The van der Waals surface area contributed by atoms with Gasteiger partial charge in [-0.05, 0) is 18.6 Å². The first-order chi connectivity index (χ1) is 8.76.